The van der Waals surface area contributed by atoms with Crippen molar-refractivity contribution in [2.45, 2.75) is 13.1 Å². The standard InChI is InChI=1S/C26H22Cl2N2O2/c27-23-11-5-19(6-12-23)9-15-25(31)29-17-21-1-2-22(4-3-21)18-30-26(32)16-10-20-7-13-24(28)14-8-20/h1-16H,17-18H2,(H,29,31)(H,30,32)/b15-9-,16-10-. The zero-order chi connectivity index (χ0) is 22.8. The van der Waals surface area contributed by atoms with E-state index in [0.717, 1.165) is 22.3 Å². The Morgan fingerprint density at radius 2 is 0.938 bits per heavy atom. The van der Waals surface area contributed by atoms with Crippen molar-refractivity contribution in [1.29, 1.82) is 0 Å². The molecule has 0 saturated carbocycles. The largest absolute Gasteiger partial charge is 0.348 e. The van der Waals surface area contributed by atoms with Crippen molar-refractivity contribution >= 4 is 47.2 Å². The molecule has 6 heteroatoms. The van der Waals surface area contributed by atoms with Crippen molar-refractivity contribution in [2.75, 3.05) is 0 Å². The first kappa shape index (κ1) is 23.3. The van der Waals surface area contributed by atoms with Crippen molar-refractivity contribution in [1.82, 2.24) is 10.6 Å². The van der Waals surface area contributed by atoms with E-state index in [0.29, 0.717) is 23.1 Å². The summed E-state index contributed by atoms with van der Waals surface area (Å²) in [6.45, 7) is 0.834. The van der Waals surface area contributed by atoms with Crippen LogP contribution >= 0.6 is 23.2 Å². The Morgan fingerprint density at radius 1 is 0.594 bits per heavy atom. The predicted molar refractivity (Wildman–Crippen MR) is 131 cm³/mol. The van der Waals surface area contributed by atoms with Crippen LogP contribution in [0.15, 0.2) is 84.9 Å². The van der Waals surface area contributed by atoms with Crippen LogP contribution in [0.4, 0.5) is 0 Å². The molecule has 4 nitrogen and oxygen atoms in total. The van der Waals surface area contributed by atoms with Crippen LogP contribution in [-0.4, -0.2) is 11.8 Å². The van der Waals surface area contributed by atoms with Gasteiger partial charge in [0.1, 0.15) is 0 Å². The first-order chi connectivity index (χ1) is 15.5. The lowest BCUT2D eigenvalue weighted by atomic mass is 10.1. The lowest BCUT2D eigenvalue weighted by molar-refractivity contribution is -0.117. The third kappa shape index (κ3) is 8.06. The van der Waals surface area contributed by atoms with Crippen LogP contribution in [0.2, 0.25) is 10.0 Å². The Hall–Kier alpha value is -3.34. The molecular formula is C26H22Cl2N2O2. The van der Waals surface area contributed by atoms with E-state index < -0.39 is 0 Å². The van der Waals surface area contributed by atoms with E-state index in [4.69, 9.17) is 23.2 Å². The Balaban J connectivity index is 1.41. The number of hydrogen-bond donors (Lipinski definition) is 2. The lowest BCUT2D eigenvalue weighted by Gasteiger charge is -2.06. The van der Waals surface area contributed by atoms with Crippen LogP contribution < -0.4 is 10.6 Å². The topological polar surface area (TPSA) is 58.2 Å². The summed E-state index contributed by atoms with van der Waals surface area (Å²) >= 11 is 11.7. The summed E-state index contributed by atoms with van der Waals surface area (Å²) < 4.78 is 0. The number of amides is 2. The molecule has 0 spiro atoms. The van der Waals surface area contributed by atoms with Crippen LogP contribution in [-0.2, 0) is 22.7 Å². The number of halogens is 2. The lowest BCUT2D eigenvalue weighted by Crippen LogP contribution is -2.21. The summed E-state index contributed by atoms with van der Waals surface area (Å²) in [5, 5.41) is 7.01. The van der Waals surface area contributed by atoms with Gasteiger partial charge in [-0.25, -0.2) is 0 Å². The molecule has 0 heterocycles. The maximum absolute atomic E-state index is 12.0. The van der Waals surface area contributed by atoms with Crippen LogP contribution in [0.5, 0.6) is 0 Å². The van der Waals surface area contributed by atoms with Crippen molar-refractivity contribution in [3.05, 3.63) is 117 Å². The Bertz CT molecular complexity index is 1010. The second kappa shape index (κ2) is 11.9. The number of carbonyl (C=O) groups is 2. The maximum atomic E-state index is 12.0. The number of rotatable bonds is 8. The number of nitrogens with one attached hydrogen (secondary N) is 2. The summed E-state index contributed by atoms with van der Waals surface area (Å²) in [6.07, 6.45) is 6.45. The zero-order valence-corrected chi connectivity index (χ0v) is 18.7. The molecular weight excluding hydrogens is 443 g/mol. The molecule has 0 unspecified atom stereocenters. The molecule has 0 fully saturated rings. The monoisotopic (exact) mass is 464 g/mol. The Morgan fingerprint density at radius 3 is 1.28 bits per heavy atom. The van der Waals surface area contributed by atoms with Gasteiger partial charge < -0.3 is 10.6 Å². The van der Waals surface area contributed by atoms with Gasteiger partial charge in [0.25, 0.3) is 0 Å². The van der Waals surface area contributed by atoms with Gasteiger partial charge in [0.05, 0.1) is 0 Å². The molecule has 0 aliphatic heterocycles. The third-order valence-corrected chi connectivity index (χ3v) is 5.05. The molecule has 2 N–H and O–H groups in total. The van der Waals surface area contributed by atoms with E-state index in [1.807, 2.05) is 48.5 Å². The van der Waals surface area contributed by atoms with E-state index >= 15 is 0 Å². The number of benzene rings is 3. The molecule has 0 aromatic heterocycles. The normalized spacial score (nSPS) is 11.1. The molecule has 0 bridgehead atoms. The SMILES string of the molecule is O=C(/C=C\c1ccc(Cl)cc1)NCc1ccc(CNC(=O)/C=C\c2ccc(Cl)cc2)cc1. The first-order valence-corrected chi connectivity index (χ1v) is 10.7. The number of carbonyl (C=O) groups excluding carboxylic acids is 2. The summed E-state index contributed by atoms with van der Waals surface area (Å²) in [4.78, 5) is 24.0. The van der Waals surface area contributed by atoms with Gasteiger partial charge in [0, 0.05) is 35.3 Å². The second-order valence-electron chi connectivity index (χ2n) is 7.02. The van der Waals surface area contributed by atoms with Gasteiger partial charge in [-0.05, 0) is 58.7 Å². The van der Waals surface area contributed by atoms with Crippen LogP contribution in [0, 0.1) is 0 Å². The molecule has 32 heavy (non-hydrogen) atoms. The molecule has 3 aromatic rings. The van der Waals surface area contributed by atoms with Crippen molar-refractivity contribution in [3.8, 4) is 0 Å². The van der Waals surface area contributed by atoms with Crippen molar-refractivity contribution in [3.63, 3.8) is 0 Å². The molecule has 0 radical (unpaired) electrons. The Labute approximate surface area is 197 Å². The molecule has 0 saturated heterocycles. The third-order valence-electron chi connectivity index (χ3n) is 4.55. The van der Waals surface area contributed by atoms with Gasteiger partial charge in [0.15, 0.2) is 0 Å². The molecule has 3 rings (SSSR count). The summed E-state index contributed by atoms with van der Waals surface area (Å²) in [5.74, 6) is -0.354. The predicted octanol–water partition coefficient (Wildman–Crippen LogP) is 5.65. The van der Waals surface area contributed by atoms with E-state index in [9.17, 15) is 9.59 Å². The molecule has 3 aromatic carbocycles. The van der Waals surface area contributed by atoms with Crippen molar-refractivity contribution in [2.24, 2.45) is 0 Å². The quantitative estimate of drug-likeness (QED) is 0.423. The minimum atomic E-state index is -0.177. The molecule has 0 aliphatic carbocycles. The smallest absolute Gasteiger partial charge is 0.244 e. The van der Waals surface area contributed by atoms with Gasteiger partial charge >= 0.3 is 0 Å². The molecule has 162 valence electrons. The fourth-order valence-corrected chi connectivity index (χ4v) is 3.01. The van der Waals surface area contributed by atoms with Crippen LogP contribution in [0.1, 0.15) is 22.3 Å². The van der Waals surface area contributed by atoms with E-state index in [1.165, 1.54) is 12.2 Å². The highest BCUT2D eigenvalue weighted by Crippen LogP contribution is 2.11. The summed E-state index contributed by atoms with van der Waals surface area (Å²) in [6, 6.07) is 22.2. The zero-order valence-electron chi connectivity index (χ0n) is 17.2. The van der Waals surface area contributed by atoms with Gasteiger partial charge in [-0.15, -0.1) is 0 Å². The van der Waals surface area contributed by atoms with Gasteiger partial charge in [-0.1, -0.05) is 71.7 Å². The first-order valence-electron chi connectivity index (χ1n) is 9.99. The van der Waals surface area contributed by atoms with Crippen LogP contribution in [0.25, 0.3) is 12.2 Å². The van der Waals surface area contributed by atoms with E-state index in [-0.39, 0.29) is 11.8 Å². The fourth-order valence-electron chi connectivity index (χ4n) is 2.76. The minimum absolute atomic E-state index is 0.177. The fraction of sp³-hybridized carbons (Fsp3) is 0.0769. The highest BCUT2D eigenvalue weighted by molar-refractivity contribution is 6.30. The van der Waals surface area contributed by atoms with Gasteiger partial charge in [-0.3, -0.25) is 9.59 Å². The average Bonchev–Trinajstić information content (AvgIpc) is 2.81. The highest BCUT2D eigenvalue weighted by atomic mass is 35.5. The maximum Gasteiger partial charge on any atom is 0.244 e. The second-order valence-corrected chi connectivity index (χ2v) is 7.89. The summed E-state index contributed by atoms with van der Waals surface area (Å²) in [5.41, 5.74) is 3.74. The molecule has 0 atom stereocenters. The van der Waals surface area contributed by atoms with Crippen LogP contribution in [0.3, 0.4) is 0 Å². The highest BCUT2D eigenvalue weighted by Gasteiger charge is 2.00. The van der Waals surface area contributed by atoms with Gasteiger partial charge in [-0.2, -0.15) is 0 Å². The minimum Gasteiger partial charge on any atom is -0.348 e. The Kier molecular flexibility index (Phi) is 8.67. The van der Waals surface area contributed by atoms with Crippen molar-refractivity contribution < 1.29 is 9.59 Å². The van der Waals surface area contributed by atoms with E-state index in [2.05, 4.69) is 10.6 Å². The molecule has 2 amide bonds. The van der Waals surface area contributed by atoms with E-state index in [1.54, 1.807) is 36.4 Å². The summed E-state index contributed by atoms with van der Waals surface area (Å²) in [7, 11) is 0. The molecule has 0 aliphatic rings. The van der Waals surface area contributed by atoms with Gasteiger partial charge in [0.2, 0.25) is 11.8 Å². The number of hydrogen-bond acceptors (Lipinski definition) is 2. The average molecular weight is 465 g/mol.